The molecular weight excluding hydrogens is 493 g/mol. The van der Waals surface area contributed by atoms with Crippen LogP contribution in [-0.4, -0.2) is 83.6 Å². The van der Waals surface area contributed by atoms with Crippen molar-refractivity contribution in [1.82, 2.24) is 20.3 Å². The molecule has 1 heterocycles. The molecule has 1 saturated heterocycles. The molecule has 3 N–H and O–H groups in total. The predicted molar refractivity (Wildman–Crippen MR) is 125 cm³/mol. The average molecular weight is 532 g/mol. The molecule has 0 unspecified atom stereocenters. The summed E-state index contributed by atoms with van der Waals surface area (Å²) in [7, 11) is -3.12. The Kier molecular flexibility index (Phi) is 12.2. The molecule has 2 rings (SSSR count). The van der Waals surface area contributed by atoms with E-state index >= 15 is 0 Å². The summed E-state index contributed by atoms with van der Waals surface area (Å²) >= 11 is 0. The highest BCUT2D eigenvalue weighted by Crippen LogP contribution is 2.34. The van der Waals surface area contributed by atoms with E-state index in [9.17, 15) is 8.42 Å². The minimum absolute atomic E-state index is 0. The van der Waals surface area contributed by atoms with Crippen molar-refractivity contribution in [1.29, 1.82) is 0 Å². The normalized spacial score (nSPS) is 21.0. The fourth-order valence-electron chi connectivity index (χ4n) is 3.94. The molecule has 0 aromatic carbocycles. The Labute approximate surface area is 187 Å². The van der Waals surface area contributed by atoms with Gasteiger partial charge in [0.05, 0.1) is 26.0 Å². The summed E-state index contributed by atoms with van der Waals surface area (Å²) in [5, 5.41) is 6.63. The Morgan fingerprint density at radius 2 is 1.79 bits per heavy atom. The van der Waals surface area contributed by atoms with Crippen molar-refractivity contribution in [2.24, 2.45) is 4.99 Å². The summed E-state index contributed by atoms with van der Waals surface area (Å²) in [4.78, 5) is 7.50. The quantitative estimate of drug-likeness (QED) is 0.179. The largest absolute Gasteiger partial charge is 0.379 e. The lowest BCUT2D eigenvalue weighted by atomic mass is 9.80. The molecule has 166 valence electrons. The van der Waals surface area contributed by atoms with Gasteiger partial charge in [0, 0.05) is 38.3 Å². The van der Waals surface area contributed by atoms with Crippen LogP contribution in [0.5, 0.6) is 0 Å². The van der Waals surface area contributed by atoms with Crippen LogP contribution in [-0.2, 0) is 14.8 Å². The molecule has 0 aromatic rings. The van der Waals surface area contributed by atoms with E-state index in [2.05, 4.69) is 27.2 Å². The van der Waals surface area contributed by atoms with Crippen LogP contribution >= 0.6 is 24.0 Å². The molecule has 1 aliphatic carbocycles. The van der Waals surface area contributed by atoms with Gasteiger partial charge in [-0.05, 0) is 26.2 Å². The molecule has 2 aliphatic rings. The van der Waals surface area contributed by atoms with E-state index in [1.807, 2.05) is 0 Å². The third-order valence-electron chi connectivity index (χ3n) is 5.35. The first-order valence-corrected chi connectivity index (χ1v) is 12.1. The maximum Gasteiger partial charge on any atom is 0.208 e. The van der Waals surface area contributed by atoms with Crippen LogP contribution in [0.25, 0.3) is 0 Å². The highest BCUT2D eigenvalue weighted by atomic mass is 127. The number of sulfonamides is 1. The Hall–Kier alpha value is -0.170. The molecule has 0 amide bonds. The second kappa shape index (κ2) is 13.2. The number of morpholine rings is 1. The number of aliphatic imine (C=N–C) groups is 1. The minimum atomic E-state index is -3.12. The average Bonchev–Trinajstić information content (AvgIpc) is 2.66. The number of guanidine groups is 1. The molecule has 0 atom stereocenters. The van der Waals surface area contributed by atoms with Crippen LogP contribution in [0.1, 0.15) is 45.4 Å². The zero-order valence-electron chi connectivity index (χ0n) is 17.3. The van der Waals surface area contributed by atoms with Crippen molar-refractivity contribution in [2.45, 2.75) is 51.0 Å². The maximum atomic E-state index is 11.1. The number of nitrogens with zero attached hydrogens (tertiary/aromatic N) is 2. The monoisotopic (exact) mass is 531 g/mol. The van der Waals surface area contributed by atoms with Crippen LogP contribution < -0.4 is 15.4 Å². The topological polar surface area (TPSA) is 95.1 Å². The van der Waals surface area contributed by atoms with Gasteiger partial charge in [-0.15, -0.1) is 24.0 Å². The summed E-state index contributed by atoms with van der Waals surface area (Å²) in [6.45, 7) is 8.39. The van der Waals surface area contributed by atoms with Gasteiger partial charge in [-0.2, -0.15) is 0 Å². The Bertz CT molecular complexity index is 562. The van der Waals surface area contributed by atoms with Crippen molar-refractivity contribution in [3.05, 3.63) is 0 Å². The van der Waals surface area contributed by atoms with E-state index in [0.717, 1.165) is 45.4 Å². The molecule has 0 bridgehead atoms. The van der Waals surface area contributed by atoms with Crippen molar-refractivity contribution in [3.8, 4) is 0 Å². The molecule has 1 saturated carbocycles. The second-order valence-electron chi connectivity index (χ2n) is 7.53. The van der Waals surface area contributed by atoms with Gasteiger partial charge in [0.15, 0.2) is 5.96 Å². The van der Waals surface area contributed by atoms with E-state index in [-0.39, 0.29) is 29.5 Å². The van der Waals surface area contributed by atoms with E-state index in [1.54, 1.807) is 0 Å². The van der Waals surface area contributed by atoms with Crippen LogP contribution in [0, 0.1) is 0 Å². The Morgan fingerprint density at radius 3 is 2.39 bits per heavy atom. The molecule has 10 heteroatoms. The Balaban J connectivity index is 0.00000392. The lowest BCUT2D eigenvalue weighted by Crippen LogP contribution is -2.56. The van der Waals surface area contributed by atoms with Crippen LogP contribution in [0.3, 0.4) is 0 Å². The fraction of sp³-hybridized carbons (Fsp3) is 0.944. The van der Waals surface area contributed by atoms with Gasteiger partial charge in [-0.1, -0.05) is 19.3 Å². The van der Waals surface area contributed by atoms with Crippen LogP contribution in [0.4, 0.5) is 0 Å². The third kappa shape index (κ3) is 9.10. The fourth-order valence-corrected chi connectivity index (χ4v) is 4.46. The number of ether oxygens (including phenoxy) is 1. The van der Waals surface area contributed by atoms with E-state index < -0.39 is 10.0 Å². The first kappa shape index (κ1) is 25.9. The number of halogens is 1. The van der Waals surface area contributed by atoms with Crippen molar-refractivity contribution < 1.29 is 13.2 Å². The van der Waals surface area contributed by atoms with Gasteiger partial charge in [0.1, 0.15) is 0 Å². The summed E-state index contributed by atoms with van der Waals surface area (Å²) in [5.41, 5.74) is 0.155. The second-order valence-corrected chi connectivity index (χ2v) is 9.36. The summed E-state index contributed by atoms with van der Waals surface area (Å²) in [6, 6.07) is 0. The molecular formula is C18H38IN5O3S. The zero-order chi connectivity index (χ0) is 19.6. The van der Waals surface area contributed by atoms with Crippen molar-refractivity contribution in [2.75, 3.05) is 58.7 Å². The molecule has 0 aromatic heterocycles. The summed E-state index contributed by atoms with van der Waals surface area (Å²) < 4.78 is 30.3. The maximum absolute atomic E-state index is 11.1. The Morgan fingerprint density at radius 1 is 1.11 bits per heavy atom. The first-order valence-electron chi connectivity index (χ1n) is 10.2. The molecule has 28 heavy (non-hydrogen) atoms. The number of nitrogens with one attached hydrogen (secondary N) is 3. The van der Waals surface area contributed by atoms with Gasteiger partial charge in [0.2, 0.25) is 10.0 Å². The standard InChI is InChI=1S/C18H37N5O3S.HI/c1-3-19-17(20-10-7-11-22-27(2,24)25)21-16-18(8-5-4-6-9-18)23-12-14-26-15-13-23;/h22H,3-16H2,1-2H3,(H2,19,20,21);1H. The molecule has 0 spiro atoms. The lowest BCUT2D eigenvalue weighted by Gasteiger charge is -2.47. The van der Waals surface area contributed by atoms with E-state index in [4.69, 9.17) is 9.73 Å². The SMILES string of the molecule is CCNC(=NCC1(N2CCOCC2)CCCCC1)NCCCNS(C)(=O)=O.I. The van der Waals surface area contributed by atoms with E-state index in [0.29, 0.717) is 19.5 Å². The molecule has 8 nitrogen and oxygen atoms in total. The highest BCUT2D eigenvalue weighted by Gasteiger charge is 2.38. The smallest absolute Gasteiger partial charge is 0.208 e. The van der Waals surface area contributed by atoms with Gasteiger partial charge in [-0.3, -0.25) is 9.89 Å². The summed E-state index contributed by atoms with van der Waals surface area (Å²) in [6.07, 6.45) is 8.17. The predicted octanol–water partition coefficient (Wildman–Crippen LogP) is 1.13. The molecule has 0 radical (unpaired) electrons. The van der Waals surface area contributed by atoms with Crippen LogP contribution in [0.2, 0.25) is 0 Å². The van der Waals surface area contributed by atoms with Crippen molar-refractivity contribution >= 4 is 40.0 Å². The number of hydrogen-bond donors (Lipinski definition) is 3. The third-order valence-corrected chi connectivity index (χ3v) is 6.08. The summed E-state index contributed by atoms with van der Waals surface area (Å²) in [5.74, 6) is 0.815. The first-order chi connectivity index (χ1) is 13.0. The molecule has 2 fully saturated rings. The van der Waals surface area contributed by atoms with Crippen molar-refractivity contribution in [3.63, 3.8) is 0 Å². The highest BCUT2D eigenvalue weighted by molar-refractivity contribution is 14.0. The zero-order valence-corrected chi connectivity index (χ0v) is 20.5. The van der Waals surface area contributed by atoms with Gasteiger partial charge >= 0.3 is 0 Å². The van der Waals surface area contributed by atoms with Gasteiger partial charge in [0.25, 0.3) is 0 Å². The molecule has 1 aliphatic heterocycles. The van der Waals surface area contributed by atoms with Gasteiger partial charge in [-0.25, -0.2) is 13.1 Å². The van der Waals surface area contributed by atoms with Gasteiger partial charge < -0.3 is 15.4 Å². The number of rotatable bonds is 9. The lowest BCUT2D eigenvalue weighted by molar-refractivity contribution is -0.0333. The van der Waals surface area contributed by atoms with E-state index in [1.165, 1.54) is 38.4 Å². The number of hydrogen-bond acceptors (Lipinski definition) is 5. The minimum Gasteiger partial charge on any atom is -0.379 e. The van der Waals surface area contributed by atoms with Crippen LogP contribution in [0.15, 0.2) is 4.99 Å².